The molecule has 0 saturated carbocycles. The minimum absolute atomic E-state index is 0.148. The van der Waals surface area contributed by atoms with Gasteiger partial charge < -0.3 is 10.1 Å². The summed E-state index contributed by atoms with van der Waals surface area (Å²) < 4.78 is 5.09. The molecule has 2 atom stereocenters. The van der Waals surface area contributed by atoms with Crippen LogP contribution in [0.5, 0.6) is 0 Å². The maximum absolute atomic E-state index is 12.4. The Kier molecular flexibility index (Phi) is 5.30. The summed E-state index contributed by atoms with van der Waals surface area (Å²) in [4.78, 5) is 24.5. The molecule has 2 rings (SSSR count). The van der Waals surface area contributed by atoms with Gasteiger partial charge in [0.25, 0.3) is 5.91 Å². The number of rotatable bonds is 3. The first-order valence-corrected chi connectivity index (χ1v) is 7.73. The van der Waals surface area contributed by atoms with Crippen LogP contribution >= 0.6 is 23.2 Å². The third kappa shape index (κ3) is 3.34. The number of nitriles is 1. The van der Waals surface area contributed by atoms with Crippen molar-refractivity contribution in [3.05, 3.63) is 39.4 Å². The fraction of sp³-hybridized carbons (Fsp3) is 0.312. The minimum Gasteiger partial charge on any atom is -0.465 e. The Bertz CT molecular complexity index is 737. The maximum atomic E-state index is 12.4. The van der Waals surface area contributed by atoms with Gasteiger partial charge in [-0.25, -0.2) is 0 Å². The van der Waals surface area contributed by atoms with Crippen molar-refractivity contribution in [3.8, 4) is 6.07 Å². The lowest BCUT2D eigenvalue weighted by atomic mass is 9.81. The van der Waals surface area contributed by atoms with Crippen LogP contribution in [0.15, 0.2) is 23.8 Å². The van der Waals surface area contributed by atoms with E-state index in [1.165, 1.54) is 6.07 Å². The highest BCUT2D eigenvalue weighted by atomic mass is 35.5. The Morgan fingerprint density at radius 1 is 1.43 bits per heavy atom. The van der Waals surface area contributed by atoms with E-state index in [1.54, 1.807) is 26.0 Å². The molecule has 0 aliphatic carbocycles. The zero-order valence-electron chi connectivity index (χ0n) is 12.5. The third-order valence-electron chi connectivity index (χ3n) is 3.54. The number of carbonyl (C=O) groups is 2. The van der Waals surface area contributed by atoms with Crippen molar-refractivity contribution in [3.63, 3.8) is 0 Å². The van der Waals surface area contributed by atoms with Crippen molar-refractivity contribution >= 4 is 40.7 Å². The second-order valence-electron chi connectivity index (χ2n) is 5.02. The monoisotopic (exact) mass is 352 g/mol. The van der Waals surface area contributed by atoms with Crippen LogP contribution in [0.25, 0.3) is 5.57 Å². The van der Waals surface area contributed by atoms with Crippen LogP contribution in [0.1, 0.15) is 19.4 Å². The molecule has 23 heavy (non-hydrogen) atoms. The summed E-state index contributed by atoms with van der Waals surface area (Å²) in [5.41, 5.74) is 0.543. The van der Waals surface area contributed by atoms with Gasteiger partial charge in [-0.15, -0.1) is 0 Å². The predicted molar refractivity (Wildman–Crippen MR) is 86.7 cm³/mol. The first-order valence-electron chi connectivity index (χ1n) is 6.97. The average Bonchev–Trinajstić information content (AvgIpc) is 2.46. The first-order chi connectivity index (χ1) is 10.9. The van der Waals surface area contributed by atoms with Crippen molar-refractivity contribution in [1.82, 2.24) is 5.32 Å². The van der Waals surface area contributed by atoms with E-state index in [9.17, 15) is 14.9 Å². The van der Waals surface area contributed by atoms with Crippen LogP contribution in [-0.2, 0) is 14.3 Å². The Morgan fingerprint density at radius 3 is 2.70 bits per heavy atom. The molecular weight excluding hydrogens is 339 g/mol. The predicted octanol–water partition coefficient (Wildman–Crippen LogP) is 2.97. The number of esters is 1. The number of benzene rings is 1. The maximum Gasteiger partial charge on any atom is 0.315 e. The molecule has 0 saturated heterocycles. The lowest BCUT2D eigenvalue weighted by Gasteiger charge is -2.31. The zero-order chi connectivity index (χ0) is 17.1. The number of ether oxygens (including phenoxy) is 1. The van der Waals surface area contributed by atoms with E-state index < -0.39 is 23.8 Å². The minimum atomic E-state index is -0.819. The van der Waals surface area contributed by atoms with Gasteiger partial charge in [0.15, 0.2) is 0 Å². The van der Waals surface area contributed by atoms with Gasteiger partial charge in [0.1, 0.15) is 17.6 Å². The van der Waals surface area contributed by atoms with Crippen molar-refractivity contribution in [2.24, 2.45) is 5.92 Å². The van der Waals surface area contributed by atoms with E-state index in [-0.39, 0.29) is 22.8 Å². The third-order valence-corrected chi connectivity index (χ3v) is 4.09. The summed E-state index contributed by atoms with van der Waals surface area (Å²) >= 11 is 12.1. The number of carbonyl (C=O) groups excluding carboxylic acids is 2. The summed E-state index contributed by atoms with van der Waals surface area (Å²) in [6.07, 6.45) is 0. The zero-order valence-corrected chi connectivity index (χ0v) is 14.0. The molecule has 1 aromatic rings. The number of amides is 1. The average molecular weight is 353 g/mol. The number of nitrogens with one attached hydrogen (secondary N) is 1. The molecule has 0 fully saturated rings. The quantitative estimate of drug-likeness (QED) is 0.848. The van der Waals surface area contributed by atoms with Crippen molar-refractivity contribution in [2.75, 3.05) is 6.61 Å². The standard InChI is InChI=1S/C16H14Cl2N2O3/c1-3-23-16(22)13-8(2)20-15(21)11(7-19)14(13)10-5-4-9(17)6-12(10)18/h4-6,8,13H,3H2,1-2H3,(H,20,21). The van der Waals surface area contributed by atoms with Gasteiger partial charge in [-0.3, -0.25) is 9.59 Å². The summed E-state index contributed by atoms with van der Waals surface area (Å²) in [6, 6.07) is 6.01. The molecule has 7 heteroatoms. The van der Waals surface area contributed by atoms with Crippen LogP contribution in [0, 0.1) is 17.2 Å². The summed E-state index contributed by atoms with van der Waals surface area (Å²) in [7, 11) is 0. The lowest BCUT2D eigenvalue weighted by molar-refractivity contribution is -0.146. The van der Waals surface area contributed by atoms with Crippen molar-refractivity contribution in [2.45, 2.75) is 19.9 Å². The van der Waals surface area contributed by atoms with E-state index in [0.717, 1.165) is 0 Å². The number of hydrogen-bond donors (Lipinski definition) is 1. The molecule has 1 amide bonds. The number of halogens is 2. The molecule has 1 heterocycles. The molecule has 5 nitrogen and oxygen atoms in total. The molecular formula is C16H14Cl2N2O3. The molecule has 2 unspecified atom stereocenters. The van der Waals surface area contributed by atoms with Gasteiger partial charge in [-0.05, 0) is 31.5 Å². The van der Waals surface area contributed by atoms with Gasteiger partial charge >= 0.3 is 5.97 Å². The van der Waals surface area contributed by atoms with Gasteiger partial charge in [0.2, 0.25) is 0 Å². The normalized spacial score (nSPS) is 20.7. The number of hydrogen-bond acceptors (Lipinski definition) is 4. The van der Waals surface area contributed by atoms with Crippen molar-refractivity contribution in [1.29, 1.82) is 5.26 Å². The molecule has 1 N–H and O–H groups in total. The fourth-order valence-corrected chi connectivity index (χ4v) is 3.08. The van der Waals surface area contributed by atoms with E-state index in [0.29, 0.717) is 10.6 Å². The lowest BCUT2D eigenvalue weighted by Crippen LogP contribution is -2.47. The van der Waals surface area contributed by atoms with Crippen LogP contribution in [0.2, 0.25) is 10.0 Å². The topological polar surface area (TPSA) is 79.2 Å². The van der Waals surface area contributed by atoms with Crippen LogP contribution in [0.4, 0.5) is 0 Å². The Morgan fingerprint density at radius 2 is 2.13 bits per heavy atom. The number of nitrogens with zero attached hydrogens (tertiary/aromatic N) is 1. The van der Waals surface area contributed by atoms with Crippen LogP contribution < -0.4 is 5.32 Å². The second kappa shape index (κ2) is 7.03. The van der Waals surface area contributed by atoms with Crippen LogP contribution in [-0.4, -0.2) is 24.5 Å². The second-order valence-corrected chi connectivity index (χ2v) is 5.86. The highest BCUT2D eigenvalue weighted by molar-refractivity contribution is 6.36. The molecule has 0 radical (unpaired) electrons. The first kappa shape index (κ1) is 17.3. The summed E-state index contributed by atoms with van der Waals surface area (Å²) in [5, 5.41) is 12.7. The Hall–Kier alpha value is -2.03. The van der Waals surface area contributed by atoms with Crippen molar-refractivity contribution < 1.29 is 14.3 Å². The van der Waals surface area contributed by atoms with Gasteiger partial charge in [-0.1, -0.05) is 29.3 Å². The Balaban J connectivity index is 2.69. The van der Waals surface area contributed by atoms with Gasteiger partial charge in [0.05, 0.1) is 6.61 Å². The fourth-order valence-electron chi connectivity index (χ4n) is 2.57. The molecule has 1 aliphatic heterocycles. The summed E-state index contributed by atoms with van der Waals surface area (Å²) in [5.74, 6) is -1.88. The van der Waals surface area contributed by atoms with E-state index in [4.69, 9.17) is 27.9 Å². The molecule has 1 aromatic carbocycles. The molecule has 0 spiro atoms. The summed E-state index contributed by atoms with van der Waals surface area (Å²) in [6.45, 7) is 3.56. The van der Waals surface area contributed by atoms with E-state index in [2.05, 4.69) is 5.32 Å². The molecule has 0 aromatic heterocycles. The SMILES string of the molecule is CCOC(=O)C1C(c2ccc(Cl)cc2Cl)=C(C#N)C(=O)NC1C. The molecule has 1 aliphatic rings. The largest absolute Gasteiger partial charge is 0.465 e. The smallest absolute Gasteiger partial charge is 0.315 e. The van der Waals surface area contributed by atoms with E-state index >= 15 is 0 Å². The van der Waals surface area contributed by atoms with Gasteiger partial charge in [0, 0.05) is 21.7 Å². The van der Waals surface area contributed by atoms with Gasteiger partial charge in [-0.2, -0.15) is 5.26 Å². The highest BCUT2D eigenvalue weighted by Gasteiger charge is 2.40. The van der Waals surface area contributed by atoms with E-state index in [1.807, 2.05) is 6.07 Å². The molecule has 120 valence electrons. The Labute approximate surface area is 143 Å². The van der Waals surface area contributed by atoms with Crippen LogP contribution in [0.3, 0.4) is 0 Å². The highest BCUT2D eigenvalue weighted by Crippen LogP contribution is 2.38. The molecule has 0 bridgehead atoms.